The molecule has 5 nitrogen and oxygen atoms in total. The average Bonchev–Trinajstić information content (AvgIpc) is 1.88. The maximum absolute atomic E-state index is 8.04. The molecule has 9 heavy (non-hydrogen) atoms. The Hall–Kier alpha value is -1.28. The van der Waals surface area contributed by atoms with Crippen molar-refractivity contribution in [1.82, 2.24) is 10.6 Å². The lowest BCUT2D eigenvalue weighted by molar-refractivity contribution is 0.882. The van der Waals surface area contributed by atoms with Crippen molar-refractivity contribution in [3.63, 3.8) is 0 Å². The quantitative estimate of drug-likeness (QED) is 0.174. The minimum absolute atomic E-state index is 0.265. The zero-order chi connectivity index (χ0) is 7.11. The second-order valence-electron chi connectivity index (χ2n) is 1.19. The lowest BCUT2D eigenvalue weighted by Gasteiger charge is -2.01. The number of nitrogens with two attached hydrogens (primary N) is 1. The van der Waals surface area contributed by atoms with Crippen LogP contribution < -0.4 is 16.4 Å². The summed E-state index contributed by atoms with van der Waals surface area (Å²) in [5, 5.41) is 13.3. The van der Waals surface area contributed by atoms with E-state index in [1.54, 1.807) is 13.2 Å². The smallest absolute Gasteiger partial charge is 0.209 e. The number of nitrogens with one attached hydrogen (secondary N) is 2. The van der Waals surface area contributed by atoms with Gasteiger partial charge in [-0.2, -0.15) is 5.26 Å². The van der Waals surface area contributed by atoms with Crippen LogP contribution in [0.3, 0.4) is 0 Å². The van der Waals surface area contributed by atoms with E-state index in [4.69, 9.17) is 11.0 Å². The molecule has 0 aromatic carbocycles. The molecule has 0 aromatic heterocycles. The van der Waals surface area contributed by atoms with E-state index in [0.29, 0.717) is 5.96 Å². The van der Waals surface area contributed by atoms with E-state index in [0.717, 1.165) is 0 Å². The number of hydrogen-bond donors (Lipinski definition) is 3. The normalized spacial score (nSPS) is 10.1. The summed E-state index contributed by atoms with van der Waals surface area (Å²) in [6.07, 6.45) is 1.61. The number of nitriles is 1. The zero-order valence-corrected chi connectivity index (χ0v) is 5.18. The van der Waals surface area contributed by atoms with Crippen LogP contribution in [0.2, 0.25) is 0 Å². The monoisotopic (exact) mass is 127 g/mol. The zero-order valence-electron chi connectivity index (χ0n) is 5.18. The van der Waals surface area contributed by atoms with Gasteiger partial charge in [0.05, 0.1) is 6.67 Å². The van der Waals surface area contributed by atoms with Gasteiger partial charge in [-0.25, -0.2) is 0 Å². The summed E-state index contributed by atoms with van der Waals surface area (Å²) in [6, 6.07) is 0. The number of aliphatic imine (C=N–C) groups is 1. The van der Waals surface area contributed by atoms with Gasteiger partial charge in [-0.3, -0.25) is 0 Å². The third-order valence-electron chi connectivity index (χ3n) is 0.668. The lowest BCUT2D eigenvalue weighted by Crippen LogP contribution is -2.37. The topological polar surface area (TPSA) is 86.2 Å². The molecule has 0 fully saturated rings. The highest BCUT2D eigenvalue weighted by atomic mass is 15.2. The SMILES string of the molecule is CN/C(=N\C#N)NCN. The highest BCUT2D eigenvalue weighted by Crippen LogP contribution is 1.61. The minimum atomic E-state index is 0.265. The molecule has 0 aliphatic heterocycles. The predicted molar refractivity (Wildman–Crippen MR) is 34.3 cm³/mol. The molecule has 0 spiro atoms. The Morgan fingerprint density at radius 3 is 2.89 bits per heavy atom. The molecule has 0 radical (unpaired) electrons. The first-order valence-electron chi connectivity index (χ1n) is 2.43. The van der Waals surface area contributed by atoms with Crippen LogP contribution in [0.1, 0.15) is 0 Å². The molecule has 0 heterocycles. The standard InChI is InChI=1S/C4H9N5/c1-7-4(8-2-5)9-3-6/h2,5H2,1H3,(H2,7,8,9). The molecule has 0 aliphatic carbocycles. The van der Waals surface area contributed by atoms with Crippen LogP contribution in [0, 0.1) is 11.5 Å². The van der Waals surface area contributed by atoms with Gasteiger partial charge in [0.1, 0.15) is 0 Å². The van der Waals surface area contributed by atoms with Crippen LogP contribution in [-0.2, 0) is 0 Å². The average molecular weight is 127 g/mol. The Balaban J connectivity index is 3.70. The van der Waals surface area contributed by atoms with Gasteiger partial charge < -0.3 is 16.4 Å². The minimum Gasteiger partial charge on any atom is -0.359 e. The molecule has 0 bridgehead atoms. The summed E-state index contributed by atoms with van der Waals surface area (Å²) in [5.74, 6) is 0.389. The van der Waals surface area contributed by atoms with Crippen LogP contribution in [0.5, 0.6) is 0 Å². The van der Waals surface area contributed by atoms with Crippen LogP contribution in [0.15, 0.2) is 4.99 Å². The van der Waals surface area contributed by atoms with Crippen molar-refractivity contribution >= 4 is 5.96 Å². The van der Waals surface area contributed by atoms with Crippen molar-refractivity contribution in [2.45, 2.75) is 0 Å². The van der Waals surface area contributed by atoms with Gasteiger partial charge >= 0.3 is 0 Å². The lowest BCUT2D eigenvalue weighted by atomic mass is 10.8. The van der Waals surface area contributed by atoms with Gasteiger partial charge in [0.2, 0.25) is 12.2 Å². The Labute approximate surface area is 53.6 Å². The summed E-state index contributed by atoms with van der Waals surface area (Å²) in [5.41, 5.74) is 5.09. The summed E-state index contributed by atoms with van der Waals surface area (Å²) in [4.78, 5) is 3.35. The molecule has 0 amide bonds. The number of guanidine groups is 1. The number of rotatable bonds is 1. The second-order valence-corrected chi connectivity index (χ2v) is 1.19. The first-order chi connectivity index (χ1) is 4.35. The van der Waals surface area contributed by atoms with Gasteiger partial charge in [0, 0.05) is 7.05 Å². The maximum Gasteiger partial charge on any atom is 0.209 e. The van der Waals surface area contributed by atoms with Crippen LogP contribution >= 0.6 is 0 Å². The maximum atomic E-state index is 8.04. The van der Waals surface area contributed by atoms with E-state index in [9.17, 15) is 0 Å². The molecule has 0 atom stereocenters. The molecule has 0 aliphatic rings. The Bertz CT molecular complexity index is 132. The first kappa shape index (κ1) is 7.72. The second kappa shape index (κ2) is 4.87. The molecule has 0 unspecified atom stereocenters. The van der Waals surface area contributed by atoms with Crippen molar-refractivity contribution in [3.8, 4) is 6.19 Å². The van der Waals surface area contributed by atoms with Gasteiger partial charge in [-0.15, -0.1) is 4.99 Å². The third kappa shape index (κ3) is 3.32. The van der Waals surface area contributed by atoms with Gasteiger partial charge in [-0.1, -0.05) is 0 Å². The molecule has 5 heteroatoms. The van der Waals surface area contributed by atoms with Crippen molar-refractivity contribution < 1.29 is 0 Å². The fourth-order valence-electron chi connectivity index (χ4n) is 0.330. The number of hydrogen-bond acceptors (Lipinski definition) is 3. The molecule has 50 valence electrons. The van der Waals surface area contributed by atoms with Crippen molar-refractivity contribution in [3.05, 3.63) is 0 Å². The highest BCUT2D eigenvalue weighted by molar-refractivity contribution is 5.80. The van der Waals surface area contributed by atoms with Gasteiger partial charge in [-0.05, 0) is 0 Å². The molecular weight excluding hydrogens is 118 g/mol. The third-order valence-corrected chi connectivity index (χ3v) is 0.668. The van der Waals surface area contributed by atoms with Crippen molar-refractivity contribution in [1.29, 1.82) is 5.26 Å². The molecular formula is C4H9N5. The molecule has 4 N–H and O–H groups in total. The summed E-state index contributed by atoms with van der Waals surface area (Å²) in [6.45, 7) is 0.265. The Morgan fingerprint density at radius 2 is 2.56 bits per heavy atom. The summed E-state index contributed by atoms with van der Waals surface area (Å²) >= 11 is 0. The number of nitrogens with zero attached hydrogens (tertiary/aromatic N) is 2. The summed E-state index contributed by atoms with van der Waals surface area (Å²) < 4.78 is 0. The van der Waals surface area contributed by atoms with Crippen molar-refractivity contribution in [2.75, 3.05) is 13.7 Å². The van der Waals surface area contributed by atoms with E-state index in [-0.39, 0.29) is 6.67 Å². The largest absolute Gasteiger partial charge is 0.359 e. The van der Waals surface area contributed by atoms with Crippen LogP contribution in [-0.4, -0.2) is 19.7 Å². The van der Waals surface area contributed by atoms with E-state index >= 15 is 0 Å². The Morgan fingerprint density at radius 1 is 1.89 bits per heavy atom. The van der Waals surface area contributed by atoms with E-state index in [1.165, 1.54) is 0 Å². The van der Waals surface area contributed by atoms with Gasteiger partial charge in [0.15, 0.2) is 0 Å². The molecule has 0 rings (SSSR count). The fraction of sp³-hybridized carbons (Fsp3) is 0.500. The van der Waals surface area contributed by atoms with Crippen LogP contribution in [0.25, 0.3) is 0 Å². The van der Waals surface area contributed by atoms with E-state index < -0.39 is 0 Å². The van der Waals surface area contributed by atoms with E-state index in [2.05, 4.69) is 15.6 Å². The molecule has 0 saturated carbocycles. The van der Waals surface area contributed by atoms with E-state index in [1.807, 2.05) is 0 Å². The fourth-order valence-corrected chi connectivity index (χ4v) is 0.330. The first-order valence-corrected chi connectivity index (χ1v) is 2.43. The summed E-state index contributed by atoms with van der Waals surface area (Å²) in [7, 11) is 1.65. The van der Waals surface area contributed by atoms with Crippen molar-refractivity contribution in [2.24, 2.45) is 10.7 Å². The molecule has 0 saturated heterocycles. The predicted octanol–water partition coefficient (Wildman–Crippen LogP) is -1.45. The highest BCUT2D eigenvalue weighted by Gasteiger charge is 1.87. The van der Waals surface area contributed by atoms with Gasteiger partial charge in [0.25, 0.3) is 0 Å². The Kier molecular flexibility index (Phi) is 4.18. The van der Waals surface area contributed by atoms with Crippen LogP contribution in [0.4, 0.5) is 0 Å². The molecule has 0 aromatic rings.